The molecule has 2 aromatic carbocycles. The second-order valence-electron chi connectivity index (χ2n) is 4.09. The van der Waals surface area contributed by atoms with Gasteiger partial charge in [-0.1, -0.05) is 48.3 Å². The number of rotatable bonds is 4. The van der Waals surface area contributed by atoms with Crippen LogP contribution in [-0.4, -0.2) is 6.54 Å². The van der Waals surface area contributed by atoms with E-state index in [0.29, 0.717) is 0 Å². The third kappa shape index (κ3) is 3.26. The Kier molecular flexibility index (Phi) is 4.65. The molecule has 0 aliphatic carbocycles. The van der Waals surface area contributed by atoms with Gasteiger partial charge < -0.3 is 5.32 Å². The minimum atomic E-state index is 0.738. The molecular weight excluding hydrogens is 265 g/mol. The number of benzene rings is 2. The van der Waals surface area contributed by atoms with E-state index in [2.05, 4.69) is 18.3 Å². The number of halogens is 2. The van der Waals surface area contributed by atoms with Crippen molar-refractivity contribution in [3.8, 4) is 11.1 Å². The maximum atomic E-state index is 6.09. The summed E-state index contributed by atoms with van der Waals surface area (Å²) in [5, 5.41) is 4.81. The van der Waals surface area contributed by atoms with Crippen molar-refractivity contribution in [1.29, 1.82) is 0 Å². The van der Waals surface area contributed by atoms with Crippen molar-refractivity contribution in [2.24, 2.45) is 0 Å². The van der Waals surface area contributed by atoms with Gasteiger partial charge in [0.05, 0.1) is 0 Å². The second-order valence-corrected chi connectivity index (χ2v) is 4.97. The Morgan fingerprint density at radius 3 is 2.50 bits per heavy atom. The minimum absolute atomic E-state index is 0.738. The average molecular weight is 280 g/mol. The third-order valence-electron chi connectivity index (χ3n) is 2.77. The molecule has 0 aliphatic heterocycles. The SMILES string of the molecule is CCNCc1ccc(Cl)cc1-c1cccc(Cl)c1. The van der Waals surface area contributed by atoms with E-state index in [9.17, 15) is 0 Å². The Morgan fingerprint density at radius 1 is 1.00 bits per heavy atom. The zero-order chi connectivity index (χ0) is 13.0. The molecule has 18 heavy (non-hydrogen) atoms. The lowest BCUT2D eigenvalue weighted by Crippen LogP contribution is -2.12. The highest BCUT2D eigenvalue weighted by Gasteiger charge is 2.06. The summed E-state index contributed by atoms with van der Waals surface area (Å²) in [5.74, 6) is 0. The van der Waals surface area contributed by atoms with Crippen molar-refractivity contribution in [3.05, 3.63) is 58.1 Å². The van der Waals surface area contributed by atoms with Crippen LogP contribution in [0.2, 0.25) is 10.0 Å². The summed E-state index contributed by atoms with van der Waals surface area (Å²) in [7, 11) is 0. The summed E-state index contributed by atoms with van der Waals surface area (Å²) in [6, 6.07) is 13.8. The van der Waals surface area contributed by atoms with Crippen LogP contribution in [-0.2, 0) is 6.54 Å². The fourth-order valence-corrected chi connectivity index (χ4v) is 2.25. The summed E-state index contributed by atoms with van der Waals surface area (Å²) in [6.07, 6.45) is 0. The van der Waals surface area contributed by atoms with Crippen LogP contribution in [0.3, 0.4) is 0 Å². The van der Waals surface area contributed by atoms with Crippen molar-refractivity contribution >= 4 is 23.2 Å². The van der Waals surface area contributed by atoms with Gasteiger partial charge in [0.15, 0.2) is 0 Å². The molecule has 0 saturated carbocycles. The second kappa shape index (κ2) is 6.24. The Morgan fingerprint density at radius 2 is 1.78 bits per heavy atom. The summed E-state index contributed by atoms with van der Waals surface area (Å²) >= 11 is 12.1. The normalized spacial score (nSPS) is 10.6. The van der Waals surface area contributed by atoms with E-state index in [-0.39, 0.29) is 0 Å². The molecule has 3 heteroatoms. The van der Waals surface area contributed by atoms with Gasteiger partial charge in [0, 0.05) is 16.6 Å². The Balaban J connectivity index is 2.44. The third-order valence-corrected chi connectivity index (χ3v) is 3.24. The van der Waals surface area contributed by atoms with Crippen molar-refractivity contribution in [1.82, 2.24) is 5.32 Å². The predicted octanol–water partition coefficient (Wildman–Crippen LogP) is 4.77. The van der Waals surface area contributed by atoms with Crippen molar-refractivity contribution in [3.63, 3.8) is 0 Å². The molecule has 0 aliphatic rings. The van der Waals surface area contributed by atoms with Crippen molar-refractivity contribution in [2.75, 3.05) is 6.54 Å². The molecule has 0 atom stereocenters. The lowest BCUT2D eigenvalue weighted by atomic mass is 9.99. The quantitative estimate of drug-likeness (QED) is 0.850. The van der Waals surface area contributed by atoms with Crippen LogP contribution in [0.4, 0.5) is 0 Å². The maximum absolute atomic E-state index is 6.09. The first kappa shape index (κ1) is 13.4. The molecular formula is C15H15Cl2N. The van der Waals surface area contributed by atoms with Gasteiger partial charge >= 0.3 is 0 Å². The first-order valence-electron chi connectivity index (χ1n) is 5.96. The lowest BCUT2D eigenvalue weighted by Gasteiger charge is -2.11. The molecule has 0 saturated heterocycles. The van der Waals surface area contributed by atoms with Gasteiger partial charge in [-0.05, 0) is 47.5 Å². The zero-order valence-electron chi connectivity index (χ0n) is 10.2. The monoisotopic (exact) mass is 279 g/mol. The molecule has 94 valence electrons. The van der Waals surface area contributed by atoms with Crippen LogP contribution >= 0.6 is 23.2 Å². The molecule has 1 N–H and O–H groups in total. The lowest BCUT2D eigenvalue weighted by molar-refractivity contribution is 0.728. The average Bonchev–Trinajstić information content (AvgIpc) is 2.37. The highest BCUT2D eigenvalue weighted by Crippen LogP contribution is 2.28. The molecule has 0 fully saturated rings. The zero-order valence-corrected chi connectivity index (χ0v) is 11.7. The maximum Gasteiger partial charge on any atom is 0.0412 e. The van der Waals surface area contributed by atoms with E-state index in [0.717, 1.165) is 34.3 Å². The van der Waals surface area contributed by atoms with Gasteiger partial charge in [0.2, 0.25) is 0 Å². The first-order valence-corrected chi connectivity index (χ1v) is 6.71. The molecule has 2 aromatic rings. The molecule has 0 aromatic heterocycles. The standard InChI is InChI=1S/C15H15Cl2N/c1-2-18-10-12-6-7-14(17)9-15(12)11-4-3-5-13(16)8-11/h3-9,18H,2,10H2,1H3. The van der Waals surface area contributed by atoms with Gasteiger partial charge in [-0.25, -0.2) is 0 Å². The van der Waals surface area contributed by atoms with Gasteiger partial charge in [0.1, 0.15) is 0 Å². The number of nitrogens with one attached hydrogen (secondary N) is 1. The van der Waals surface area contributed by atoms with Crippen molar-refractivity contribution in [2.45, 2.75) is 13.5 Å². The van der Waals surface area contributed by atoms with Gasteiger partial charge in [-0.15, -0.1) is 0 Å². The first-order chi connectivity index (χ1) is 8.70. The van der Waals surface area contributed by atoms with E-state index >= 15 is 0 Å². The Hall–Kier alpha value is -1.02. The minimum Gasteiger partial charge on any atom is -0.313 e. The summed E-state index contributed by atoms with van der Waals surface area (Å²) in [4.78, 5) is 0. The van der Waals surface area contributed by atoms with Crippen LogP contribution in [0.1, 0.15) is 12.5 Å². The molecule has 0 amide bonds. The highest BCUT2D eigenvalue weighted by molar-refractivity contribution is 6.31. The van der Waals surface area contributed by atoms with Gasteiger partial charge in [-0.2, -0.15) is 0 Å². The number of hydrogen-bond donors (Lipinski definition) is 1. The summed E-state index contributed by atoms with van der Waals surface area (Å²) in [5.41, 5.74) is 3.45. The van der Waals surface area contributed by atoms with Gasteiger partial charge in [-0.3, -0.25) is 0 Å². The van der Waals surface area contributed by atoms with E-state index < -0.39 is 0 Å². The van der Waals surface area contributed by atoms with Crippen molar-refractivity contribution < 1.29 is 0 Å². The van der Waals surface area contributed by atoms with Crippen LogP contribution in [0.25, 0.3) is 11.1 Å². The molecule has 0 heterocycles. The Labute approximate surface area is 118 Å². The smallest absolute Gasteiger partial charge is 0.0412 e. The summed E-state index contributed by atoms with van der Waals surface area (Å²) in [6.45, 7) is 3.86. The predicted molar refractivity (Wildman–Crippen MR) is 79.3 cm³/mol. The van der Waals surface area contributed by atoms with Crippen LogP contribution in [0.15, 0.2) is 42.5 Å². The highest BCUT2D eigenvalue weighted by atomic mass is 35.5. The van der Waals surface area contributed by atoms with Gasteiger partial charge in [0.25, 0.3) is 0 Å². The van der Waals surface area contributed by atoms with E-state index in [4.69, 9.17) is 23.2 Å². The molecule has 0 unspecified atom stereocenters. The fraction of sp³-hybridized carbons (Fsp3) is 0.200. The van der Waals surface area contributed by atoms with Crippen LogP contribution in [0.5, 0.6) is 0 Å². The Bertz CT molecular complexity index is 538. The van der Waals surface area contributed by atoms with E-state index in [1.807, 2.05) is 36.4 Å². The van der Waals surface area contributed by atoms with E-state index in [1.54, 1.807) is 0 Å². The summed E-state index contributed by atoms with van der Waals surface area (Å²) < 4.78 is 0. The fourth-order valence-electron chi connectivity index (χ4n) is 1.89. The molecule has 0 bridgehead atoms. The number of hydrogen-bond acceptors (Lipinski definition) is 1. The van der Waals surface area contributed by atoms with Crippen LogP contribution in [0, 0.1) is 0 Å². The molecule has 0 radical (unpaired) electrons. The molecule has 0 spiro atoms. The largest absolute Gasteiger partial charge is 0.313 e. The molecule has 1 nitrogen and oxygen atoms in total. The topological polar surface area (TPSA) is 12.0 Å². The molecule has 2 rings (SSSR count). The van der Waals surface area contributed by atoms with Crippen LogP contribution < -0.4 is 5.32 Å². The van der Waals surface area contributed by atoms with E-state index in [1.165, 1.54) is 5.56 Å².